The molecule has 3 rings (SSSR count). The first-order valence-corrected chi connectivity index (χ1v) is 8.77. The molecule has 2 aromatic rings. The Hall–Kier alpha value is -2.06. The van der Waals surface area contributed by atoms with Crippen molar-refractivity contribution in [1.82, 2.24) is 15.2 Å². The monoisotopic (exact) mass is 367 g/mol. The van der Waals surface area contributed by atoms with Gasteiger partial charge in [-0.2, -0.15) is 0 Å². The molecule has 0 aliphatic carbocycles. The lowest BCUT2D eigenvalue weighted by molar-refractivity contribution is 0.169. The molecule has 0 saturated carbocycles. The Morgan fingerprint density at radius 3 is 2.88 bits per heavy atom. The van der Waals surface area contributed by atoms with Crippen LogP contribution in [0, 0.1) is 25.5 Å². The van der Waals surface area contributed by atoms with Gasteiger partial charge in [0.15, 0.2) is 0 Å². The van der Waals surface area contributed by atoms with Gasteiger partial charge in [-0.15, -0.1) is 11.3 Å². The van der Waals surface area contributed by atoms with Crippen LogP contribution in [-0.4, -0.2) is 33.7 Å². The van der Waals surface area contributed by atoms with E-state index in [-0.39, 0.29) is 25.1 Å². The Kier molecular flexibility index (Phi) is 5.01. The normalized spacial score (nSPS) is 20.1. The Bertz CT molecular complexity index is 777. The number of hydrogen-bond donors (Lipinski definition) is 2. The zero-order valence-corrected chi connectivity index (χ0v) is 14.7. The van der Waals surface area contributed by atoms with Crippen molar-refractivity contribution in [3.63, 3.8) is 0 Å². The number of hydrogen-bond acceptors (Lipinski definition) is 4. The molecule has 5 nitrogen and oxygen atoms in total. The second-order valence-corrected chi connectivity index (χ2v) is 7.42. The molecule has 134 valence electrons. The fraction of sp³-hybridized carbons (Fsp3) is 0.412. The maximum absolute atomic E-state index is 14.1. The number of nitrogens with one attached hydrogen (secondary N) is 1. The highest BCUT2D eigenvalue weighted by atomic mass is 32.1. The lowest BCUT2D eigenvalue weighted by atomic mass is 10.0. The van der Waals surface area contributed by atoms with E-state index >= 15 is 0 Å². The first kappa shape index (κ1) is 17.8. The highest BCUT2D eigenvalue weighted by Crippen LogP contribution is 2.34. The first-order chi connectivity index (χ1) is 11.8. The molecule has 1 aliphatic heterocycles. The van der Waals surface area contributed by atoms with Gasteiger partial charge in [-0.3, -0.25) is 0 Å². The summed E-state index contributed by atoms with van der Waals surface area (Å²) in [5, 5.41) is 13.4. The number of carbonyl (C=O) groups is 1. The van der Waals surface area contributed by atoms with Crippen LogP contribution in [0.4, 0.5) is 13.6 Å². The Labute approximate surface area is 148 Å². The third kappa shape index (κ3) is 3.80. The van der Waals surface area contributed by atoms with Gasteiger partial charge < -0.3 is 15.3 Å². The number of aliphatic hydroxyl groups excluding tert-OH is 1. The fourth-order valence-corrected chi connectivity index (χ4v) is 3.84. The summed E-state index contributed by atoms with van der Waals surface area (Å²) in [6.07, 6.45) is -0.605. The number of benzene rings is 1. The number of urea groups is 1. The molecule has 8 heteroatoms. The van der Waals surface area contributed by atoms with Crippen LogP contribution in [0.3, 0.4) is 0 Å². The topological polar surface area (TPSA) is 65.5 Å². The molecule has 25 heavy (non-hydrogen) atoms. The van der Waals surface area contributed by atoms with E-state index in [0.29, 0.717) is 0 Å². The van der Waals surface area contributed by atoms with Crippen molar-refractivity contribution in [3.8, 4) is 0 Å². The number of nitrogens with zero attached hydrogens (tertiary/aromatic N) is 2. The zero-order valence-electron chi connectivity index (χ0n) is 13.9. The molecule has 1 aromatic carbocycles. The minimum atomic E-state index is -0.775. The number of amides is 2. The molecular weight excluding hydrogens is 348 g/mol. The van der Waals surface area contributed by atoms with Crippen LogP contribution in [0.5, 0.6) is 0 Å². The van der Waals surface area contributed by atoms with Crippen LogP contribution in [0.1, 0.15) is 33.6 Å². The van der Waals surface area contributed by atoms with Gasteiger partial charge in [0.25, 0.3) is 0 Å². The summed E-state index contributed by atoms with van der Waals surface area (Å²) in [4.78, 5) is 19.3. The van der Waals surface area contributed by atoms with Crippen molar-refractivity contribution in [2.75, 3.05) is 6.54 Å². The third-order valence-corrected chi connectivity index (χ3v) is 5.39. The minimum Gasteiger partial charge on any atom is -0.391 e. The molecular formula is C17H19F2N3O2S. The highest BCUT2D eigenvalue weighted by molar-refractivity contribution is 7.11. The van der Waals surface area contributed by atoms with Gasteiger partial charge in [-0.25, -0.2) is 18.6 Å². The van der Waals surface area contributed by atoms with E-state index in [1.54, 1.807) is 0 Å². The van der Waals surface area contributed by atoms with Crippen LogP contribution >= 0.6 is 11.3 Å². The predicted molar refractivity (Wildman–Crippen MR) is 90.3 cm³/mol. The summed E-state index contributed by atoms with van der Waals surface area (Å²) in [6, 6.07) is 2.00. The molecule has 2 heterocycles. The van der Waals surface area contributed by atoms with Crippen molar-refractivity contribution in [2.24, 2.45) is 0 Å². The number of thiazole rings is 1. The van der Waals surface area contributed by atoms with Crippen LogP contribution in [0.15, 0.2) is 18.2 Å². The maximum atomic E-state index is 14.1. The maximum Gasteiger partial charge on any atom is 0.318 e. The first-order valence-electron chi connectivity index (χ1n) is 7.95. The van der Waals surface area contributed by atoms with Gasteiger partial charge in [0.05, 0.1) is 24.4 Å². The predicted octanol–water partition coefficient (Wildman–Crippen LogP) is 3.06. The van der Waals surface area contributed by atoms with Crippen LogP contribution in [0.25, 0.3) is 0 Å². The second-order valence-electron chi connectivity index (χ2n) is 6.13. The number of aromatic nitrogens is 1. The average molecular weight is 367 g/mol. The van der Waals surface area contributed by atoms with E-state index in [4.69, 9.17) is 0 Å². The summed E-state index contributed by atoms with van der Waals surface area (Å²) in [5.41, 5.74) is 0.998. The SMILES string of the molecule is Cc1nc(CNC(=O)N2C[C@@H](O)C[C@H]2c2cc(F)ccc2F)sc1C. The molecule has 1 aromatic heterocycles. The van der Waals surface area contributed by atoms with Gasteiger partial charge in [0, 0.05) is 17.0 Å². The smallest absolute Gasteiger partial charge is 0.318 e. The standard InChI is InChI=1S/C17H19F2N3O2S/c1-9-10(2)25-16(21-9)7-20-17(24)22-8-12(23)6-15(22)13-5-11(18)3-4-14(13)19/h3-5,12,15,23H,6-8H2,1-2H3,(H,20,24)/t12-,15-/m0/s1. The summed E-state index contributed by atoms with van der Waals surface area (Å²) in [7, 11) is 0. The number of aliphatic hydroxyl groups is 1. The molecule has 2 atom stereocenters. The van der Waals surface area contributed by atoms with E-state index in [0.717, 1.165) is 33.8 Å². The van der Waals surface area contributed by atoms with Crippen molar-refractivity contribution in [2.45, 2.75) is 39.0 Å². The quantitative estimate of drug-likeness (QED) is 0.876. The van der Waals surface area contributed by atoms with E-state index in [2.05, 4.69) is 10.3 Å². The van der Waals surface area contributed by atoms with Crippen molar-refractivity contribution in [1.29, 1.82) is 0 Å². The number of β-amino-alcohol motifs (C(OH)–C–C–N with tert-alkyl or cyclic N) is 1. The Morgan fingerprint density at radius 1 is 1.44 bits per heavy atom. The number of carbonyl (C=O) groups excluding carboxylic acids is 1. The largest absolute Gasteiger partial charge is 0.391 e. The lowest BCUT2D eigenvalue weighted by Crippen LogP contribution is -2.40. The van der Waals surface area contributed by atoms with Gasteiger partial charge in [0.1, 0.15) is 16.6 Å². The van der Waals surface area contributed by atoms with Gasteiger partial charge in [0.2, 0.25) is 0 Å². The second kappa shape index (κ2) is 7.05. The van der Waals surface area contributed by atoms with Crippen molar-refractivity contribution in [3.05, 3.63) is 51.0 Å². The van der Waals surface area contributed by atoms with Gasteiger partial charge in [-0.1, -0.05) is 0 Å². The van der Waals surface area contributed by atoms with Gasteiger partial charge >= 0.3 is 6.03 Å². The van der Waals surface area contributed by atoms with Crippen molar-refractivity contribution >= 4 is 17.4 Å². The van der Waals surface area contributed by atoms with E-state index < -0.39 is 29.8 Å². The molecule has 2 amide bonds. The summed E-state index contributed by atoms with van der Waals surface area (Å²) < 4.78 is 27.5. The number of halogens is 2. The molecule has 1 saturated heterocycles. The molecule has 0 unspecified atom stereocenters. The third-order valence-electron chi connectivity index (χ3n) is 4.32. The Morgan fingerprint density at radius 2 is 2.20 bits per heavy atom. The van der Waals surface area contributed by atoms with Crippen LogP contribution in [0.2, 0.25) is 0 Å². The zero-order chi connectivity index (χ0) is 18.1. The van der Waals surface area contributed by atoms with Crippen molar-refractivity contribution < 1.29 is 18.7 Å². The molecule has 0 radical (unpaired) electrons. The van der Waals surface area contributed by atoms with Crippen LogP contribution in [-0.2, 0) is 6.54 Å². The van der Waals surface area contributed by atoms with Gasteiger partial charge in [-0.05, 0) is 38.5 Å². The number of likely N-dealkylation sites (tertiary alicyclic amines) is 1. The Balaban J connectivity index is 1.74. The minimum absolute atomic E-state index is 0.0718. The lowest BCUT2D eigenvalue weighted by Gasteiger charge is -2.25. The molecule has 1 aliphatic rings. The fourth-order valence-electron chi connectivity index (χ4n) is 2.97. The summed E-state index contributed by atoms with van der Waals surface area (Å²) in [6.45, 7) is 4.18. The number of rotatable bonds is 3. The molecule has 0 spiro atoms. The van der Waals surface area contributed by atoms with E-state index in [1.807, 2.05) is 13.8 Å². The highest BCUT2D eigenvalue weighted by Gasteiger charge is 2.36. The molecule has 2 N–H and O–H groups in total. The molecule has 0 bridgehead atoms. The van der Waals surface area contributed by atoms with E-state index in [1.165, 1.54) is 16.2 Å². The molecule has 1 fully saturated rings. The number of aryl methyl sites for hydroxylation is 2. The van der Waals surface area contributed by atoms with Crippen LogP contribution < -0.4 is 5.32 Å². The van der Waals surface area contributed by atoms with E-state index in [9.17, 15) is 18.7 Å². The average Bonchev–Trinajstić information content (AvgIpc) is 3.10. The summed E-state index contributed by atoms with van der Waals surface area (Å²) >= 11 is 1.50. The summed E-state index contributed by atoms with van der Waals surface area (Å²) in [5.74, 6) is -1.17.